The lowest BCUT2D eigenvalue weighted by molar-refractivity contribution is -0.137. The van der Waals surface area contributed by atoms with E-state index in [9.17, 15) is 9.59 Å². The fourth-order valence-corrected chi connectivity index (χ4v) is 5.83. The lowest BCUT2D eigenvalue weighted by Gasteiger charge is -2.32. The summed E-state index contributed by atoms with van der Waals surface area (Å²) in [4.78, 5) is 33.6. The molecular weight excluding hydrogens is 484 g/mol. The van der Waals surface area contributed by atoms with Gasteiger partial charge in [0.15, 0.2) is 11.5 Å². The number of carbonyl (C=O) groups is 2. The van der Waals surface area contributed by atoms with Gasteiger partial charge in [-0.15, -0.1) is 0 Å². The van der Waals surface area contributed by atoms with Gasteiger partial charge in [-0.3, -0.25) is 14.5 Å². The van der Waals surface area contributed by atoms with E-state index >= 15 is 0 Å². The quantitative estimate of drug-likeness (QED) is 0.572. The number of nitrogens with one attached hydrogen (secondary N) is 1. The molecule has 3 aliphatic heterocycles. The summed E-state index contributed by atoms with van der Waals surface area (Å²) in [5.41, 5.74) is 2.11. The maximum Gasteiger partial charge on any atom is 0.240 e. The summed E-state index contributed by atoms with van der Waals surface area (Å²) in [5, 5.41) is 3.34. The third-order valence-corrected chi connectivity index (χ3v) is 8.06. The summed E-state index contributed by atoms with van der Waals surface area (Å²) in [6.07, 6.45) is 2.53. The van der Waals surface area contributed by atoms with E-state index in [1.54, 1.807) is 7.11 Å². The first-order valence-electron chi connectivity index (χ1n) is 13.6. The molecule has 1 aliphatic carbocycles. The van der Waals surface area contributed by atoms with Crippen LogP contribution in [-0.2, 0) is 22.7 Å². The molecule has 0 aromatic heterocycles. The second-order valence-electron chi connectivity index (χ2n) is 10.7. The van der Waals surface area contributed by atoms with Gasteiger partial charge in [0.2, 0.25) is 18.6 Å². The second-order valence-corrected chi connectivity index (χ2v) is 10.7. The standard InChI is InChI=1S/C29H36N4O5/c1-36-24-4-2-3-20(13-24)17-33(28(34)22-6-7-22)23-15-25(29(35)31-11-9-30-10-12-31)32(18-23)16-21-5-8-26-27(14-21)38-19-37-26/h2-5,8,13-14,22-23,25,30H,6-7,9-12,15-19H2,1H3. The van der Waals surface area contributed by atoms with Crippen LogP contribution in [0.2, 0.25) is 0 Å². The SMILES string of the molecule is COc1cccc(CN(C(=O)C2CC2)C2CC(C(=O)N3CCNCC3)N(Cc3ccc4c(c3)OCO4)C2)c1. The highest BCUT2D eigenvalue weighted by Crippen LogP contribution is 2.37. The second kappa shape index (κ2) is 10.8. The van der Waals surface area contributed by atoms with Gasteiger partial charge in [-0.2, -0.15) is 0 Å². The third-order valence-electron chi connectivity index (χ3n) is 8.06. The Kier molecular flexibility index (Phi) is 7.12. The summed E-state index contributed by atoms with van der Waals surface area (Å²) in [5.74, 6) is 2.74. The van der Waals surface area contributed by atoms with Crippen LogP contribution in [0.4, 0.5) is 0 Å². The summed E-state index contributed by atoms with van der Waals surface area (Å²) in [6.45, 7) is 5.07. The molecule has 9 heteroatoms. The number of carbonyl (C=O) groups excluding carboxylic acids is 2. The number of ether oxygens (including phenoxy) is 3. The number of amides is 2. The van der Waals surface area contributed by atoms with Crippen LogP contribution in [0, 0.1) is 5.92 Å². The van der Waals surface area contributed by atoms with Gasteiger partial charge < -0.3 is 29.3 Å². The van der Waals surface area contributed by atoms with Gasteiger partial charge in [0, 0.05) is 57.8 Å². The molecule has 2 aromatic carbocycles. The molecule has 0 spiro atoms. The van der Waals surface area contributed by atoms with Gasteiger partial charge in [0.1, 0.15) is 5.75 Å². The van der Waals surface area contributed by atoms with Crippen molar-refractivity contribution in [2.24, 2.45) is 5.92 Å². The van der Waals surface area contributed by atoms with Gasteiger partial charge in [-0.05, 0) is 54.7 Å². The van der Waals surface area contributed by atoms with Crippen molar-refractivity contribution in [2.75, 3.05) is 46.6 Å². The highest BCUT2D eigenvalue weighted by Gasteiger charge is 2.44. The molecule has 0 radical (unpaired) electrons. The molecule has 2 atom stereocenters. The van der Waals surface area contributed by atoms with Crippen LogP contribution in [0.25, 0.3) is 0 Å². The molecule has 3 fully saturated rings. The predicted octanol–water partition coefficient (Wildman–Crippen LogP) is 2.24. The van der Waals surface area contributed by atoms with E-state index in [1.807, 2.05) is 52.3 Å². The van der Waals surface area contributed by atoms with Crippen molar-refractivity contribution < 1.29 is 23.8 Å². The summed E-state index contributed by atoms with van der Waals surface area (Å²) in [6, 6.07) is 13.6. The molecule has 2 aromatic rings. The zero-order valence-electron chi connectivity index (χ0n) is 21.9. The number of piperazine rings is 1. The largest absolute Gasteiger partial charge is 0.497 e. The van der Waals surface area contributed by atoms with Gasteiger partial charge in [0.25, 0.3) is 0 Å². The average Bonchev–Trinajstić information content (AvgIpc) is 3.57. The van der Waals surface area contributed by atoms with E-state index in [-0.39, 0.29) is 36.6 Å². The molecule has 2 amide bonds. The smallest absolute Gasteiger partial charge is 0.240 e. The molecule has 1 N–H and O–H groups in total. The van der Waals surface area contributed by atoms with E-state index in [1.165, 1.54) is 0 Å². The Hall–Kier alpha value is -3.30. The van der Waals surface area contributed by atoms with Crippen molar-refractivity contribution in [1.82, 2.24) is 20.0 Å². The van der Waals surface area contributed by atoms with Crippen LogP contribution < -0.4 is 19.5 Å². The van der Waals surface area contributed by atoms with Crippen molar-refractivity contribution >= 4 is 11.8 Å². The van der Waals surface area contributed by atoms with Crippen LogP contribution in [0.5, 0.6) is 17.2 Å². The number of rotatable bonds is 8. The fraction of sp³-hybridized carbons (Fsp3) is 0.517. The minimum atomic E-state index is -0.275. The number of likely N-dealkylation sites (tertiary alicyclic amines) is 1. The summed E-state index contributed by atoms with van der Waals surface area (Å²) in [7, 11) is 1.66. The number of hydrogen-bond donors (Lipinski definition) is 1. The number of hydrogen-bond acceptors (Lipinski definition) is 7. The van der Waals surface area contributed by atoms with E-state index < -0.39 is 0 Å². The van der Waals surface area contributed by atoms with E-state index in [0.717, 1.165) is 54.3 Å². The van der Waals surface area contributed by atoms with E-state index in [4.69, 9.17) is 14.2 Å². The molecule has 4 aliphatic rings. The van der Waals surface area contributed by atoms with Crippen molar-refractivity contribution in [2.45, 2.75) is 44.4 Å². The Morgan fingerprint density at radius 2 is 1.87 bits per heavy atom. The summed E-state index contributed by atoms with van der Waals surface area (Å²) >= 11 is 0. The zero-order chi connectivity index (χ0) is 26.1. The van der Waals surface area contributed by atoms with E-state index in [2.05, 4.69) is 10.2 Å². The molecule has 2 saturated heterocycles. The Labute approximate surface area is 223 Å². The van der Waals surface area contributed by atoms with Gasteiger partial charge in [-0.1, -0.05) is 18.2 Å². The van der Waals surface area contributed by atoms with Gasteiger partial charge in [0.05, 0.1) is 13.2 Å². The van der Waals surface area contributed by atoms with Crippen molar-refractivity contribution in [3.8, 4) is 17.2 Å². The number of nitrogens with zero attached hydrogens (tertiary/aromatic N) is 3. The first-order valence-corrected chi connectivity index (χ1v) is 13.6. The van der Waals surface area contributed by atoms with Crippen molar-refractivity contribution in [3.63, 3.8) is 0 Å². The minimum absolute atomic E-state index is 0.0415. The first kappa shape index (κ1) is 25.0. The molecule has 9 nitrogen and oxygen atoms in total. The maximum atomic E-state index is 13.8. The lowest BCUT2D eigenvalue weighted by atomic mass is 10.1. The van der Waals surface area contributed by atoms with E-state index in [0.29, 0.717) is 39.1 Å². The maximum absolute atomic E-state index is 13.8. The molecule has 38 heavy (non-hydrogen) atoms. The Bertz CT molecular complexity index is 1180. The molecule has 1 saturated carbocycles. The van der Waals surface area contributed by atoms with Crippen LogP contribution in [-0.4, -0.2) is 85.2 Å². The summed E-state index contributed by atoms with van der Waals surface area (Å²) < 4.78 is 16.5. The predicted molar refractivity (Wildman–Crippen MR) is 141 cm³/mol. The zero-order valence-corrected chi connectivity index (χ0v) is 21.9. The number of benzene rings is 2. The molecule has 0 bridgehead atoms. The third kappa shape index (κ3) is 5.31. The molecular formula is C29H36N4O5. The van der Waals surface area contributed by atoms with Crippen molar-refractivity contribution in [1.29, 1.82) is 0 Å². The highest BCUT2D eigenvalue weighted by atomic mass is 16.7. The number of fused-ring (bicyclic) bond motifs is 1. The normalized spacial score (nSPS) is 22.9. The van der Waals surface area contributed by atoms with Crippen LogP contribution in [0.15, 0.2) is 42.5 Å². The Morgan fingerprint density at radius 3 is 2.66 bits per heavy atom. The highest BCUT2D eigenvalue weighted by molar-refractivity contribution is 5.84. The first-order chi connectivity index (χ1) is 18.6. The minimum Gasteiger partial charge on any atom is -0.497 e. The Balaban J connectivity index is 1.26. The monoisotopic (exact) mass is 520 g/mol. The van der Waals surface area contributed by atoms with Gasteiger partial charge >= 0.3 is 0 Å². The van der Waals surface area contributed by atoms with Crippen LogP contribution >= 0.6 is 0 Å². The molecule has 3 heterocycles. The van der Waals surface area contributed by atoms with Gasteiger partial charge in [-0.25, -0.2) is 0 Å². The molecule has 6 rings (SSSR count). The fourth-order valence-electron chi connectivity index (χ4n) is 5.83. The average molecular weight is 521 g/mol. The van der Waals surface area contributed by atoms with Crippen LogP contribution in [0.3, 0.4) is 0 Å². The topological polar surface area (TPSA) is 83.6 Å². The Morgan fingerprint density at radius 1 is 1.05 bits per heavy atom. The van der Waals surface area contributed by atoms with Crippen molar-refractivity contribution in [3.05, 3.63) is 53.6 Å². The van der Waals surface area contributed by atoms with Crippen LogP contribution in [0.1, 0.15) is 30.4 Å². The number of methoxy groups -OCH3 is 1. The molecule has 2 unspecified atom stereocenters. The lowest BCUT2D eigenvalue weighted by Crippen LogP contribution is -2.52. The molecule has 202 valence electrons.